The average molecular weight is 335 g/mol. The highest BCUT2D eigenvalue weighted by molar-refractivity contribution is 5.78. The minimum Gasteiger partial charge on any atom is -0.307 e. The molecule has 1 N–H and O–H groups in total. The number of aromatic nitrogens is 2. The Labute approximate surface area is 148 Å². The summed E-state index contributed by atoms with van der Waals surface area (Å²) in [5.74, 6) is 1.28. The van der Waals surface area contributed by atoms with Crippen LogP contribution in [0.4, 0.5) is 0 Å². The quantitative estimate of drug-likeness (QED) is 0.766. The second kappa shape index (κ2) is 7.19. The molecule has 0 amide bonds. The zero-order valence-electron chi connectivity index (χ0n) is 15.3. The van der Waals surface area contributed by atoms with Gasteiger partial charge in [-0.1, -0.05) is 44.2 Å². The van der Waals surface area contributed by atoms with Crippen molar-refractivity contribution in [2.24, 2.45) is 5.92 Å². The van der Waals surface area contributed by atoms with Gasteiger partial charge in [-0.2, -0.15) is 0 Å². The number of nitrogens with one attached hydrogen (secondary N) is 1. The van der Waals surface area contributed by atoms with Crippen LogP contribution in [0.1, 0.15) is 38.2 Å². The lowest BCUT2D eigenvalue weighted by Gasteiger charge is -2.21. The Morgan fingerprint density at radius 2 is 1.72 bits per heavy atom. The molecule has 4 nitrogen and oxygen atoms in total. The van der Waals surface area contributed by atoms with Crippen LogP contribution >= 0.6 is 0 Å². The first-order chi connectivity index (χ1) is 12.0. The molecule has 1 aromatic heterocycles. The van der Waals surface area contributed by atoms with E-state index in [9.17, 15) is 4.79 Å². The number of nitrogens with zero attached hydrogens (tertiary/aromatic N) is 2. The van der Waals surface area contributed by atoms with E-state index in [0.29, 0.717) is 11.3 Å². The van der Waals surface area contributed by atoms with Crippen molar-refractivity contribution in [2.45, 2.75) is 33.7 Å². The molecule has 0 unspecified atom stereocenters. The Bertz CT molecular complexity index is 943. The number of hydrogen-bond donors (Lipinski definition) is 1. The monoisotopic (exact) mass is 335 g/mol. The minimum absolute atomic E-state index is 0.0203. The van der Waals surface area contributed by atoms with Crippen LogP contribution in [-0.4, -0.2) is 16.1 Å². The van der Waals surface area contributed by atoms with Crippen molar-refractivity contribution in [1.82, 2.24) is 14.9 Å². The van der Waals surface area contributed by atoms with Crippen molar-refractivity contribution in [3.05, 3.63) is 70.3 Å². The molecule has 1 heterocycles. The van der Waals surface area contributed by atoms with Gasteiger partial charge < -0.3 is 5.32 Å². The Balaban J connectivity index is 2.25. The highest BCUT2D eigenvalue weighted by Crippen LogP contribution is 2.20. The van der Waals surface area contributed by atoms with E-state index in [1.54, 1.807) is 4.57 Å². The molecule has 0 radical (unpaired) electrons. The first-order valence-electron chi connectivity index (χ1n) is 8.80. The normalized spacial score (nSPS) is 12.7. The second-order valence-electron chi connectivity index (χ2n) is 6.94. The first kappa shape index (κ1) is 17.4. The van der Waals surface area contributed by atoms with Gasteiger partial charge in [0, 0.05) is 0 Å². The van der Waals surface area contributed by atoms with E-state index in [2.05, 4.69) is 26.1 Å². The Morgan fingerprint density at radius 1 is 1.04 bits per heavy atom. The zero-order chi connectivity index (χ0) is 18.0. The summed E-state index contributed by atoms with van der Waals surface area (Å²) in [6.07, 6.45) is 0. The van der Waals surface area contributed by atoms with Crippen LogP contribution in [0.25, 0.3) is 16.6 Å². The van der Waals surface area contributed by atoms with Gasteiger partial charge in [0.15, 0.2) is 0 Å². The van der Waals surface area contributed by atoms with Gasteiger partial charge in [-0.15, -0.1) is 0 Å². The summed E-state index contributed by atoms with van der Waals surface area (Å²) >= 11 is 0. The lowest BCUT2D eigenvalue weighted by molar-refractivity contribution is 0.475. The fourth-order valence-electron chi connectivity index (χ4n) is 2.99. The molecule has 0 spiro atoms. The molecule has 0 saturated carbocycles. The van der Waals surface area contributed by atoms with E-state index in [0.717, 1.165) is 29.1 Å². The van der Waals surface area contributed by atoms with E-state index in [-0.39, 0.29) is 11.6 Å². The summed E-state index contributed by atoms with van der Waals surface area (Å²) in [5, 5.41) is 4.14. The number of benzene rings is 2. The third kappa shape index (κ3) is 3.49. The maximum atomic E-state index is 13.2. The lowest BCUT2D eigenvalue weighted by Crippen LogP contribution is -2.32. The maximum Gasteiger partial charge on any atom is 0.266 e. The molecule has 0 fully saturated rings. The van der Waals surface area contributed by atoms with E-state index in [4.69, 9.17) is 4.98 Å². The largest absolute Gasteiger partial charge is 0.307 e. The molecule has 4 heteroatoms. The fraction of sp³-hybridized carbons (Fsp3) is 0.333. The predicted octanol–water partition coefficient (Wildman–Crippen LogP) is 4.00. The number of fused-ring (bicyclic) bond motifs is 1. The summed E-state index contributed by atoms with van der Waals surface area (Å²) in [5.41, 5.74) is 2.66. The molecule has 0 aliphatic rings. The average Bonchev–Trinajstić information content (AvgIpc) is 2.60. The number of hydrogen-bond acceptors (Lipinski definition) is 3. The van der Waals surface area contributed by atoms with Crippen molar-refractivity contribution in [2.75, 3.05) is 6.54 Å². The van der Waals surface area contributed by atoms with E-state index >= 15 is 0 Å². The van der Waals surface area contributed by atoms with Gasteiger partial charge in [0.2, 0.25) is 0 Å². The first-order valence-corrected chi connectivity index (χ1v) is 8.80. The molecule has 2 aromatic carbocycles. The van der Waals surface area contributed by atoms with Crippen LogP contribution in [0.2, 0.25) is 0 Å². The molecule has 0 aliphatic carbocycles. The van der Waals surface area contributed by atoms with Crippen molar-refractivity contribution in [3.8, 4) is 5.69 Å². The van der Waals surface area contributed by atoms with Crippen LogP contribution < -0.4 is 10.9 Å². The molecule has 1 atom stereocenters. The van der Waals surface area contributed by atoms with Crippen molar-refractivity contribution < 1.29 is 0 Å². The van der Waals surface area contributed by atoms with Gasteiger partial charge in [-0.3, -0.25) is 9.36 Å². The minimum atomic E-state index is -0.0284. The molecule has 3 aromatic rings. The van der Waals surface area contributed by atoms with Crippen LogP contribution in [0.3, 0.4) is 0 Å². The molecular weight excluding hydrogens is 310 g/mol. The van der Waals surface area contributed by atoms with Gasteiger partial charge in [-0.05, 0) is 50.1 Å². The topological polar surface area (TPSA) is 46.9 Å². The molecule has 3 rings (SSSR count). The second-order valence-corrected chi connectivity index (χ2v) is 6.94. The van der Waals surface area contributed by atoms with E-state index < -0.39 is 0 Å². The SMILES string of the molecule is Cc1ccccc1-n1c([C@H](C)NCC(C)C)nc2ccccc2c1=O. The third-order valence-electron chi connectivity index (χ3n) is 4.38. The highest BCUT2D eigenvalue weighted by atomic mass is 16.1. The summed E-state index contributed by atoms with van der Waals surface area (Å²) < 4.78 is 1.76. The highest BCUT2D eigenvalue weighted by Gasteiger charge is 2.18. The van der Waals surface area contributed by atoms with Crippen molar-refractivity contribution in [1.29, 1.82) is 0 Å². The van der Waals surface area contributed by atoms with Gasteiger partial charge in [0.25, 0.3) is 5.56 Å². The molecule has 130 valence electrons. The predicted molar refractivity (Wildman–Crippen MR) is 103 cm³/mol. The Hall–Kier alpha value is -2.46. The summed E-state index contributed by atoms with van der Waals surface area (Å²) in [4.78, 5) is 18.1. The van der Waals surface area contributed by atoms with Gasteiger partial charge >= 0.3 is 0 Å². The van der Waals surface area contributed by atoms with Gasteiger partial charge in [0.1, 0.15) is 5.82 Å². The van der Waals surface area contributed by atoms with Crippen LogP contribution in [0.15, 0.2) is 53.3 Å². The summed E-state index contributed by atoms with van der Waals surface area (Å²) in [7, 11) is 0. The van der Waals surface area contributed by atoms with Gasteiger partial charge in [-0.25, -0.2) is 4.98 Å². The molecule has 25 heavy (non-hydrogen) atoms. The van der Waals surface area contributed by atoms with Crippen LogP contribution in [0, 0.1) is 12.8 Å². The molecule has 0 saturated heterocycles. The van der Waals surface area contributed by atoms with E-state index in [1.165, 1.54) is 0 Å². The number of aryl methyl sites for hydroxylation is 1. The van der Waals surface area contributed by atoms with Crippen LogP contribution in [-0.2, 0) is 0 Å². The van der Waals surface area contributed by atoms with E-state index in [1.807, 2.05) is 55.5 Å². The standard InChI is InChI=1S/C21H25N3O/c1-14(2)13-22-16(4)20-23-18-11-7-6-10-17(18)21(25)24(20)19-12-8-5-9-15(19)3/h5-12,14,16,22H,13H2,1-4H3/t16-/m0/s1. The number of rotatable bonds is 5. The third-order valence-corrected chi connectivity index (χ3v) is 4.38. The molecule has 0 aliphatic heterocycles. The number of para-hydroxylation sites is 2. The zero-order valence-corrected chi connectivity index (χ0v) is 15.3. The summed E-state index contributed by atoms with van der Waals surface area (Å²) in [6, 6.07) is 15.5. The van der Waals surface area contributed by atoms with Gasteiger partial charge in [0.05, 0.1) is 22.6 Å². The Kier molecular flexibility index (Phi) is 5.00. The molecule has 0 bridgehead atoms. The maximum absolute atomic E-state index is 13.2. The van der Waals surface area contributed by atoms with Crippen LogP contribution in [0.5, 0.6) is 0 Å². The summed E-state index contributed by atoms with van der Waals surface area (Å²) in [6.45, 7) is 9.29. The molecular formula is C21H25N3O. The fourth-order valence-corrected chi connectivity index (χ4v) is 2.99. The lowest BCUT2D eigenvalue weighted by atomic mass is 10.1. The van der Waals surface area contributed by atoms with Crippen molar-refractivity contribution >= 4 is 10.9 Å². The smallest absolute Gasteiger partial charge is 0.266 e. The Morgan fingerprint density at radius 3 is 2.44 bits per heavy atom. The van der Waals surface area contributed by atoms with Crippen molar-refractivity contribution in [3.63, 3.8) is 0 Å².